The van der Waals surface area contributed by atoms with Crippen molar-refractivity contribution < 1.29 is 0 Å². The van der Waals surface area contributed by atoms with Crippen molar-refractivity contribution in [2.75, 3.05) is 0 Å². The van der Waals surface area contributed by atoms with Gasteiger partial charge in [-0.05, 0) is 11.6 Å². The number of halogens is 2. The van der Waals surface area contributed by atoms with Gasteiger partial charge in [-0.2, -0.15) is 4.98 Å². The molecule has 2 heterocycles. The van der Waals surface area contributed by atoms with Crippen molar-refractivity contribution in [3.05, 3.63) is 31.1 Å². The van der Waals surface area contributed by atoms with E-state index in [1.54, 1.807) is 0 Å². The van der Waals surface area contributed by atoms with Gasteiger partial charge in [0.1, 0.15) is 5.52 Å². The number of hydrogen-bond donors (Lipinski definition) is 2. The molecule has 0 fully saturated rings. The summed E-state index contributed by atoms with van der Waals surface area (Å²) in [7, 11) is 0. The molecular formula is C6H2Cl2N4O2. The van der Waals surface area contributed by atoms with Crippen LogP contribution in [0.25, 0.3) is 11.2 Å². The topological polar surface area (TPSA) is 91.5 Å². The molecule has 0 atom stereocenters. The van der Waals surface area contributed by atoms with Crippen LogP contribution in [0.1, 0.15) is 0 Å². The van der Waals surface area contributed by atoms with Gasteiger partial charge in [0.2, 0.25) is 5.28 Å². The minimum absolute atomic E-state index is 0.0200. The molecule has 0 aromatic carbocycles. The Kier molecular flexibility index (Phi) is 2.01. The summed E-state index contributed by atoms with van der Waals surface area (Å²) in [6.45, 7) is 0. The summed E-state index contributed by atoms with van der Waals surface area (Å²) in [6, 6.07) is 0. The molecule has 0 spiro atoms. The summed E-state index contributed by atoms with van der Waals surface area (Å²) in [5.74, 6) is 0. The van der Waals surface area contributed by atoms with Crippen LogP contribution in [0.2, 0.25) is 10.4 Å². The summed E-state index contributed by atoms with van der Waals surface area (Å²) in [6.07, 6.45) is 0. The van der Waals surface area contributed by atoms with Gasteiger partial charge < -0.3 is 9.97 Å². The Morgan fingerprint density at radius 3 is 2.36 bits per heavy atom. The third kappa shape index (κ3) is 1.38. The van der Waals surface area contributed by atoms with E-state index in [4.69, 9.17) is 23.2 Å². The van der Waals surface area contributed by atoms with Gasteiger partial charge in [0.15, 0.2) is 10.8 Å². The molecule has 2 aromatic rings. The van der Waals surface area contributed by atoms with E-state index in [1.165, 1.54) is 0 Å². The zero-order chi connectivity index (χ0) is 10.3. The molecule has 0 aliphatic rings. The molecule has 2 aromatic heterocycles. The molecule has 0 aliphatic carbocycles. The summed E-state index contributed by atoms with van der Waals surface area (Å²) < 4.78 is 0. The third-order valence-electron chi connectivity index (χ3n) is 1.51. The standard InChI is InChI=1S/C6H2Cl2N4O2/c7-2-1-3(12-6(8)10-2)11-5(14)4(13)9-1/h(H,9,13)(H,10,11,12,14). The van der Waals surface area contributed by atoms with Gasteiger partial charge in [-0.1, -0.05) is 11.6 Å². The van der Waals surface area contributed by atoms with Crippen molar-refractivity contribution >= 4 is 34.4 Å². The first-order chi connectivity index (χ1) is 6.58. The van der Waals surface area contributed by atoms with Crippen LogP contribution < -0.4 is 11.1 Å². The molecule has 0 unspecified atom stereocenters. The molecule has 0 saturated carbocycles. The highest BCUT2D eigenvalue weighted by Crippen LogP contribution is 2.15. The molecule has 0 saturated heterocycles. The number of H-pyrrole nitrogens is 2. The first-order valence-electron chi connectivity index (χ1n) is 3.43. The van der Waals surface area contributed by atoms with Gasteiger partial charge in [0, 0.05) is 0 Å². The van der Waals surface area contributed by atoms with E-state index in [-0.39, 0.29) is 21.6 Å². The lowest BCUT2D eigenvalue weighted by atomic mass is 10.5. The van der Waals surface area contributed by atoms with Crippen molar-refractivity contribution in [2.24, 2.45) is 0 Å². The second-order valence-electron chi connectivity index (χ2n) is 2.42. The van der Waals surface area contributed by atoms with E-state index in [9.17, 15) is 9.59 Å². The molecule has 8 heteroatoms. The number of nitrogens with zero attached hydrogens (tertiary/aromatic N) is 2. The lowest BCUT2D eigenvalue weighted by molar-refractivity contribution is 1.08. The first-order valence-corrected chi connectivity index (χ1v) is 4.19. The van der Waals surface area contributed by atoms with Gasteiger partial charge in [-0.15, -0.1) is 0 Å². The molecule has 14 heavy (non-hydrogen) atoms. The van der Waals surface area contributed by atoms with Gasteiger partial charge in [0.05, 0.1) is 0 Å². The average Bonchev–Trinajstić information content (AvgIpc) is 2.08. The van der Waals surface area contributed by atoms with Gasteiger partial charge in [-0.3, -0.25) is 9.59 Å². The first kappa shape index (κ1) is 9.17. The lowest BCUT2D eigenvalue weighted by Gasteiger charge is -1.97. The fraction of sp³-hybridized carbons (Fsp3) is 0. The van der Waals surface area contributed by atoms with Crippen LogP contribution >= 0.6 is 23.2 Å². The van der Waals surface area contributed by atoms with E-state index in [0.717, 1.165) is 0 Å². The van der Waals surface area contributed by atoms with Crippen LogP contribution in [-0.4, -0.2) is 19.9 Å². The summed E-state index contributed by atoms with van der Waals surface area (Å²) in [5.41, 5.74) is -1.38. The maximum atomic E-state index is 10.9. The number of aromatic amines is 2. The number of nitrogens with one attached hydrogen (secondary N) is 2. The Hall–Kier alpha value is -1.40. The summed E-state index contributed by atoms with van der Waals surface area (Å²) in [5, 5.41) is -0.126. The number of hydrogen-bond acceptors (Lipinski definition) is 4. The Labute approximate surface area is 85.9 Å². The van der Waals surface area contributed by atoms with E-state index >= 15 is 0 Å². The van der Waals surface area contributed by atoms with Crippen molar-refractivity contribution in [3.63, 3.8) is 0 Å². The summed E-state index contributed by atoms with van der Waals surface area (Å²) >= 11 is 11.2. The number of aromatic nitrogens is 4. The quantitative estimate of drug-likeness (QED) is 0.389. The zero-order valence-corrected chi connectivity index (χ0v) is 7.98. The van der Waals surface area contributed by atoms with Crippen molar-refractivity contribution in [1.82, 2.24) is 19.9 Å². The lowest BCUT2D eigenvalue weighted by Crippen LogP contribution is -2.29. The molecule has 0 aliphatic heterocycles. The Morgan fingerprint density at radius 1 is 1.00 bits per heavy atom. The smallest absolute Gasteiger partial charge is 0.312 e. The largest absolute Gasteiger partial charge is 0.315 e. The van der Waals surface area contributed by atoms with E-state index < -0.39 is 11.1 Å². The highest BCUT2D eigenvalue weighted by molar-refractivity contribution is 6.35. The SMILES string of the molecule is O=c1[nH]c2nc(Cl)nc(Cl)c2[nH]c1=O. The second-order valence-corrected chi connectivity index (χ2v) is 3.11. The Balaban J connectivity index is 3.03. The monoisotopic (exact) mass is 232 g/mol. The zero-order valence-electron chi connectivity index (χ0n) is 6.47. The number of rotatable bonds is 0. The maximum absolute atomic E-state index is 10.9. The maximum Gasteiger partial charge on any atom is 0.315 e. The normalized spacial score (nSPS) is 10.7. The molecule has 2 rings (SSSR count). The molecule has 0 radical (unpaired) electrons. The molecular weight excluding hydrogens is 231 g/mol. The van der Waals surface area contributed by atoms with Crippen LogP contribution in [0.3, 0.4) is 0 Å². The van der Waals surface area contributed by atoms with Crippen molar-refractivity contribution in [2.45, 2.75) is 0 Å². The van der Waals surface area contributed by atoms with Gasteiger partial charge in [-0.25, -0.2) is 4.98 Å². The average molecular weight is 233 g/mol. The summed E-state index contributed by atoms with van der Waals surface area (Å²) in [4.78, 5) is 33.6. The Morgan fingerprint density at radius 2 is 1.64 bits per heavy atom. The van der Waals surface area contributed by atoms with Crippen LogP contribution in [0.15, 0.2) is 9.59 Å². The highest BCUT2D eigenvalue weighted by atomic mass is 35.5. The highest BCUT2D eigenvalue weighted by Gasteiger charge is 2.07. The van der Waals surface area contributed by atoms with Gasteiger partial charge >= 0.3 is 11.1 Å². The van der Waals surface area contributed by atoms with E-state index in [1.807, 2.05) is 0 Å². The van der Waals surface area contributed by atoms with Crippen LogP contribution in [0, 0.1) is 0 Å². The molecule has 0 bridgehead atoms. The molecule has 2 N–H and O–H groups in total. The Bertz CT molecular complexity index is 617. The van der Waals surface area contributed by atoms with Crippen LogP contribution in [0.5, 0.6) is 0 Å². The molecule has 0 amide bonds. The minimum Gasteiger partial charge on any atom is -0.312 e. The van der Waals surface area contributed by atoms with E-state index in [2.05, 4.69) is 19.9 Å². The third-order valence-corrected chi connectivity index (χ3v) is 1.96. The van der Waals surface area contributed by atoms with Crippen LogP contribution in [0.4, 0.5) is 0 Å². The van der Waals surface area contributed by atoms with E-state index in [0.29, 0.717) is 0 Å². The minimum atomic E-state index is -0.816. The van der Waals surface area contributed by atoms with Gasteiger partial charge in [0.25, 0.3) is 0 Å². The molecule has 6 nitrogen and oxygen atoms in total. The fourth-order valence-electron chi connectivity index (χ4n) is 0.944. The van der Waals surface area contributed by atoms with Crippen molar-refractivity contribution in [3.8, 4) is 0 Å². The van der Waals surface area contributed by atoms with Crippen LogP contribution in [-0.2, 0) is 0 Å². The predicted octanol–water partition coefficient (Wildman–Crippen LogP) is 0.313. The number of fused-ring (bicyclic) bond motifs is 1. The van der Waals surface area contributed by atoms with Crippen molar-refractivity contribution in [1.29, 1.82) is 0 Å². The predicted molar refractivity (Wildman–Crippen MR) is 50.8 cm³/mol. The fourth-order valence-corrected chi connectivity index (χ4v) is 1.37. The second kappa shape index (κ2) is 3.07. The molecule has 72 valence electrons.